The Morgan fingerprint density at radius 3 is 2.33 bits per heavy atom. The van der Waals surface area contributed by atoms with E-state index in [2.05, 4.69) is 15.3 Å². The van der Waals surface area contributed by atoms with Crippen LogP contribution < -0.4 is 5.32 Å². The van der Waals surface area contributed by atoms with Crippen molar-refractivity contribution in [3.05, 3.63) is 53.3 Å². The number of aromatic nitrogens is 2. The Kier molecular flexibility index (Phi) is 4.86. The number of likely N-dealkylation sites (N-methyl/N-ethyl adjacent to an activating group) is 1. The molecule has 1 aromatic heterocycles. The van der Waals surface area contributed by atoms with Gasteiger partial charge >= 0.3 is 6.18 Å². The second-order valence-electron chi connectivity index (χ2n) is 6.50. The highest BCUT2D eigenvalue weighted by Gasteiger charge is 2.44. The van der Waals surface area contributed by atoms with Crippen LogP contribution in [0.5, 0.6) is 0 Å². The van der Waals surface area contributed by atoms with Crippen LogP contribution in [0.1, 0.15) is 22.6 Å². The van der Waals surface area contributed by atoms with Crippen molar-refractivity contribution < 1.29 is 22.8 Å². The first-order chi connectivity index (χ1) is 12.7. The molecule has 1 aliphatic heterocycles. The zero-order valence-electron chi connectivity index (χ0n) is 14.6. The molecule has 1 saturated heterocycles. The Morgan fingerprint density at radius 2 is 1.78 bits per heavy atom. The first-order valence-electron chi connectivity index (χ1n) is 8.18. The number of likely N-dealkylation sites (tertiary alicyclic amines) is 1. The number of rotatable bonds is 3. The van der Waals surface area contributed by atoms with Gasteiger partial charge in [-0.15, -0.1) is 0 Å². The summed E-state index contributed by atoms with van der Waals surface area (Å²) in [6, 6.07) is 4.53. The second-order valence-corrected chi connectivity index (χ2v) is 6.50. The monoisotopic (exact) mass is 378 g/mol. The maximum Gasteiger partial charge on any atom is 0.416 e. The van der Waals surface area contributed by atoms with Gasteiger partial charge in [0.2, 0.25) is 17.8 Å². The minimum atomic E-state index is -4.44. The lowest BCUT2D eigenvalue weighted by atomic mass is 9.87. The summed E-state index contributed by atoms with van der Waals surface area (Å²) in [5.41, 5.74) is 0.524. The topological polar surface area (TPSA) is 75.2 Å². The van der Waals surface area contributed by atoms with E-state index in [1.165, 1.54) is 29.4 Å². The van der Waals surface area contributed by atoms with Gasteiger partial charge in [0, 0.05) is 31.9 Å². The molecule has 1 N–H and O–H groups in total. The number of carbonyl (C=O) groups excluding carboxylic acids is 2. The van der Waals surface area contributed by atoms with E-state index in [0.717, 1.165) is 17.7 Å². The van der Waals surface area contributed by atoms with Crippen LogP contribution in [0.15, 0.2) is 36.7 Å². The lowest BCUT2D eigenvalue weighted by Crippen LogP contribution is -2.33. The predicted octanol–water partition coefficient (Wildman–Crippen LogP) is 2.61. The summed E-state index contributed by atoms with van der Waals surface area (Å²) in [7, 11) is 1.55. The molecule has 0 spiro atoms. The number of benzene rings is 1. The second kappa shape index (κ2) is 6.98. The van der Waals surface area contributed by atoms with Gasteiger partial charge in [-0.05, 0) is 30.2 Å². The highest BCUT2D eigenvalue weighted by molar-refractivity contribution is 6.07. The molecule has 2 heterocycles. The van der Waals surface area contributed by atoms with Crippen LogP contribution in [-0.4, -0.2) is 40.3 Å². The first kappa shape index (κ1) is 18.8. The van der Waals surface area contributed by atoms with Gasteiger partial charge in [0.25, 0.3) is 0 Å². The molecule has 1 fully saturated rings. The molecule has 27 heavy (non-hydrogen) atoms. The summed E-state index contributed by atoms with van der Waals surface area (Å²) in [6.07, 6.45) is -1.39. The predicted molar refractivity (Wildman–Crippen MR) is 90.7 cm³/mol. The zero-order valence-corrected chi connectivity index (χ0v) is 14.6. The Bertz CT molecular complexity index is 850. The van der Waals surface area contributed by atoms with E-state index in [1.54, 1.807) is 14.0 Å². The lowest BCUT2D eigenvalue weighted by Gasteiger charge is -2.17. The van der Waals surface area contributed by atoms with Crippen molar-refractivity contribution in [2.75, 3.05) is 18.9 Å². The van der Waals surface area contributed by atoms with Gasteiger partial charge in [-0.1, -0.05) is 12.1 Å². The number of halogens is 3. The maximum atomic E-state index is 12.8. The number of aryl methyl sites for hydroxylation is 1. The Balaban J connectivity index is 1.84. The highest BCUT2D eigenvalue weighted by atomic mass is 19.4. The quantitative estimate of drug-likeness (QED) is 0.834. The molecule has 1 aromatic carbocycles. The van der Waals surface area contributed by atoms with Crippen molar-refractivity contribution in [2.24, 2.45) is 5.92 Å². The van der Waals surface area contributed by atoms with Crippen LogP contribution in [0, 0.1) is 12.8 Å². The number of carbonyl (C=O) groups is 2. The van der Waals surface area contributed by atoms with E-state index in [0.29, 0.717) is 5.56 Å². The van der Waals surface area contributed by atoms with Crippen LogP contribution in [0.25, 0.3) is 0 Å². The summed E-state index contributed by atoms with van der Waals surface area (Å²) >= 11 is 0. The van der Waals surface area contributed by atoms with Crippen molar-refractivity contribution in [1.29, 1.82) is 0 Å². The molecule has 6 nitrogen and oxygen atoms in total. The third-order valence-electron chi connectivity index (χ3n) is 4.48. The normalized spacial score (nSPS) is 20.0. The van der Waals surface area contributed by atoms with Crippen molar-refractivity contribution >= 4 is 17.8 Å². The molecule has 2 aromatic rings. The zero-order chi connectivity index (χ0) is 19.8. The minimum absolute atomic E-state index is 0.0686. The number of amides is 2. The first-order valence-corrected chi connectivity index (χ1v) is 8.18. The maximum absolute atomic E-state index is 12.8. The summed E-state index contributed by atoms with van der Waals surface area (Å²) in [4.78, 5) is 34.4. The van der Waals surface area contributed by atoms with Crippen LogP contribution in [0.3, 0.4) is 0 Å². The summed E-state index contributed by atoms with van der Waals surface area (Å²) in [6.45, 7) is 2.03. The largest absolute Gasteiger partial charge is 0.416 e. The Labute approximate surface area is 153 Å². The average molecular weight is 378 g/mol. The number of anilines is 1. The third kappa shape index (κ3) is 3.91. The average Bonchev–Trinajstić information content (AvgIpc) is 2.91. The van der Waals surface area contributed by atoms with Crippen molar-refractivity contribution in [1.82, 2.24) is 14.9 Å². The van der Waals surface area contributed by atoms with Gasteiger partial charge in [0.1, 0.15) is 5.92 Å². The Morgan fingerprint density at radius 1 is 1.19 bits per heavy atom. The summed E-state index contributed by atoms with van der Waals surface area (Å²) in [5.74, 6) is -2.53. The van der Waals surface area contributed by atoms with Gasteiger partial charge in [0.15, 0.2) is 0 Å². The summed E-state index contributed by atoms with van der Waals surface area (Å²) < 4.78 is 38.3. The molecule has 0 unspecified atom stereocenters. The fourth-order valence-corrected chi connectivity index (χ4v) is 3.06. The van der Waals surface area contributed by atoms with E-state index < -0.39 is 35.4 Å². The standard InChI is InChI=1S/C18H17F3N4O2/c1-10-7-22-17(23-8-10)24-15(26)14-13(9-25(2)16(14)27)11-3-5-12(6-4-11)18(19,20)21/h3-8,13-14H,9H2,1-2H3,(H,22,23,24,26)/t13-,14+/m0/s1. The molecule has 0 saturated carbocycles. The van der Waals surface area contributed by atoms with Crippen LogP contribution in [0.2, 0.25) is 0 Å². The van der Waals surface area contributed by atoms with Crippen molar-refractivity contribution in [3.63, 3.8) is 0 Å². The third-order valence-corrected chi connectivity index (χ3v) is 4.48. The molecular formula is C18H17F3N4O2. The van der Waals surface area contributed by atoms with Gasteiger partial charge < -0.3 is 4.90 Å². The van der Waals surface area contributed by atoms with Crippen LogP contribution >= 0.6 is 0 Å². The van der Waals surface area contributed by atoms with Crippen LogP contribution in [0.4, 0.5) is 19.1 Å². The molecule has 142 valence electrons. The number of hydrogen-bond donors (Lipinski definition) is 1. The summed E-state index contributed by atoms with van der Waals surface area (Å²) in [5, 5.41) is 2.51. The van der Waals surface area contributed by atoms with Crippen molar-refractivity contribution in [2.45, 2.75) is 19.0 Å². The molecule has 9 heteroatoms. The number of nitrogens with one attached hydrogen (secondary N) is 1. The molecular weight excluding hydrogens is 361 g/mol. The van der Waals surface area contributed by atoms with Crippen molar-refractivity contribution in [3.8, 4) is 0 Å². The lowest BCUT2D eigenvalue weighted by molar-refractivity contribution is -0.138. The van der Waals surface area contributed by atoms with Gasteiger partial charge in [-0.3, -0.25) is 14.9 Å². The van der Waals surface area contributed by atoms with Crippen LogP contribution in [-0.2, 0) is 15.8 Å². The van der Waals surface area contributed by atoms with Gasteiger partial charge in [-0.2, -0.15) is 13.2 Å². The van der Waals surface area contributed by atoms with E-state index in [9.17, 15) is 22.8 Å². The molecule has 0 aliphatic carbocycles. The highest BCUT2D eigenvalue weighted by Crippen LogP contribution is 2.36. The van der Waals surface area contributed by atoms with Gasteiger partial charge in [-0.25, -0.2) is 9.97 Å². The number of nitrogens with zero attached hydrogens (tertiary/aromatic N) is 3. The molecule has 3 rings (SSSR count). The Hall–Kier alpha value is -2.97. The number of hydrogen-bond acceptors (Lipinski definition) is 4. The minimum Gasteiger partial charge on any atom is -0.344 e. The van der Waals surface area contributed by atoms with E-state index in [4.69, 9.17) is 0 Å². The SMILES string of the molecule is Cc1cnc(NC(=O)[C@@H]2C(=O)N(C)C[C@H]2c2ccc(C(F)(F)F)cc2)nc1. The fourth-order valence-electron chi connectivity index (χ4n) is 3.06. The van der Waals surface area contributed by atoms with E-state index >= 15 is 0 Å². The smallest absolute Gasteiger partial charge is 0.344 e. The van der Waals surface area contributed by atoms with E-state index in [1.807, 2.05) is 0 Å². The molecule has 1 aliphatic rings. The molecule has 2 amide bonds. The molecule has 0 radical (unpaired) electrons. The molecule has 0 bridgehead atoms. The fraction of sp³-hybridized carbons (Fsp3) is 0.333. The van der Waals surface area contributed by atoms with E-state index in [-0.39, 0.29) is 12.5 Å². The molecule has 2 atom stereocenters. The van der Waals surface area contributed by atoms with Gasteiger partial charge in [0.05, 0.1) is 5.56 Å². The number of alkyl halides is 3.